The molecule has 17 heavy (non-hydrogen) atoms. The van der Waals surface area contributed by atoms with Crippen LogP contribution in [0.15, 0.2) is 9.68 Å². The van der Waals surface area contributed by atoms with Crippen LogP contribution in [-0.2, 0) is 13.3 Å². The minimum absolute atomic E-state index is 0.0903. The first-order valence-corrected chi connectivity index (χ1v) is 5.34. The van der Waals surface area contributed by atoms with Gasteiger partial charge in [0.2, 0.25) is 11.5 Å². The summed E-state index contributed by atoms with van der Waals surface area (Å²) in [5.74, 6) is -1.62. The van der Waals surface area contributed by atoms with E-state index in [9.17, 15) is 4.79 Å². The zero-order valence-corrected chi connectivity index (χ0v) is 10.6. The van der Waals surface area contributed by atoms with Crippen LogP contribution in [0.2, 0.25) is 0 Å². The number of oxime groups is 1. The number of hydrogen-bond acceptors (Lipinski definition) is 7. The van der Waals surface area contributed by atoms with Crippen LogP contribution >= 0.6 is 34.8 Å². The number of carbonyl (C=O) groups is 1. The molecule has 0 fully saturated rings. The Morgan fingerprint density at radius 1 is 1.59 bits per heavy atom. The Labute approximate surface area is 110 Å². The van der Waals surface area contributed by atoms with Gasteiger partial charge in [-0.2, -0.15) is 4.98 Å². The lowest BCUT2D eigenvalue weighted by atomic mass is 10.3. The molecule has 0 bridgehead atoms. The van der Waals surface area contributed by atoms with Crippen LogP contribution in [0.5, 0.6) is 0 Å². The Bertz CT molecular complexity index is 440. The molecule has 1 aromatic heterocycles. The van der Waals surface area contributed by atoms with E-state index in [0.717, 1.165) is 0 Å². The average molecular weight is 303 g/mol. The number of aromatic nitrogens is 2. The van der Waals surface area contributed by atoms with Crippen molar-refractivity contribution in [2.24, 2.45) is 5.16 Å². The minimum Gasteiger partial charge on any atom is -0.461 e. The predicted molar refractivity (Wildman–Crippen MR) is 58.5 cm³/mol. The second-order valence-electron chi connectivity index (χ2n) is 2.59. The van der Waals surface area contributed by atoms with E-state index in [2.05, 4.69) is 24.6 Å². The van der Waals surface area contributed by atoms with Gasteiger partial charge in [-0.05, 0) is 6.92 Å². The lowest BCUT2D eigenvalue weighted by Gasteiger charge is -2.01. The fourth-order valence-corrected chi connectivity index (χ4v) is 1.04. The maximum Gasteiger partial charge on any atom is 0.364 e. The Kier molecular flexibility index (Phi) is 4.55. The molecule has 0 aliphatic heterocycles. The van der Waals surface area contributed by atoms with Crippen molar-refractivity contribution in [1.29, 1.82) is 0 Å². The molecule has 0 aromatic carbocycles. The molecule has 0 unspecified atom stereocenters. The van der Waals surface area contributed by atoms with E-state index in [-0.39, 0.29) is 18.3 Å². The highest BCUT2D eigenvalue weighted by Gasteiger charge is 2.33. The van der Waals surface area contributed by atoms with Crippen molar-refractivity contribution in [2.45, 2.75) is 10.7 Å². The molecule has 0 radical (unpaired) electrons. The van der Waals surface area contributed by atoms with Crippen LogP contribution in [0, 0.1) is 0 Å². The van der Waals surface area contributed by atoms with Gasteiger partial charge in [-0.3, -0.25) is 0 Å². The molecular weight excluding hydrogens is 296 g/mol. The number of halogens is 3. The van der Waals surface area contributed by atoms with Crippen molar-refractivity contribution in [1.82, 2.24) is 10.1 Å². The second-order valence-corrected chi connectivity index (χ2v) is 4.87. The van der Waals surface area contributed by atoms with Crippen LogP contribution < -0.4 is 0 Å². The van der Waals surface area contributed by atoms with E-state index in [4.69, 9.17) is 40.0 Å². The molecule has 1 heterocycles. The van der Waals surface area contributed by atoms with E-state index in [1.54, 1.807) is 6.92 Å². The summed E-state index contributed by atoms with van der Waals surface area (Å²) in [7, 11) is 0. The van der Waals surface area contributed by atoms with Crippen molar-refractivity contribution in [3.63, 3.8) is 0 Å². The molecule has 0 atom stereocenters. The third kappa shape index (κ3) is 3.45. The van der Waals surface area contributed by atoms with Gasteiger partial charge in [0.05, 0.1) is 6.61 Å². The van der Waals surface area contributed by atoms with Crippen LogP contribution in [0.25, 0.3) is 0 Å². The summed E-state index contributed by atoms with van der Waals surface area (Å²) >= 11 is 16.4. The van der Waals surface area contributed by atoms with Gasteiger partial charge in [0.15, 0.2) is 0 Å². The maximum atomic E-state index is 11.3. The Morgan fingerprint density at radius 2 is 2.24 bits per heavy atom. The number of rotatable bonds is 3. The van der Waals surface area contributed by atoms with Crippen molar-refractivity contribution >= 4 is 46.5 Å². The molecule has 0 aliphatic carbocycles. The smallest absolute Gasteiger partial charge is 0.364 e. The van der Waals surface area contributed by atoms with E-state index in [0.29, 0.717) is 0 Å². The first-order valence-electron chi connectivity index (χ1n) is 4.20. The van der Waals surface area contributed by atoms with Gasteiger partial charge in [-0.15, -0.1) is 0 Å². The quantitative estimate of drug-likeness (QED) is 0.300. The van der Waals surface area contributed by atoms with E-state index in [1.807, 2.05) is 0 Å². The van der Waals surface area contributed by atoms with Gasteiger partial charge >= 0.3 is 5.97 Å². The normalized spacial score (nSPS) is 12.6. The van der Waals surface area contributed by atoms with Crippen molar-refractivity contribution in [3.05, 3.63) is 11.7 Å². The number of esters is 1. The number of nitrogens with zero attached hydrogens (tertiary/aromatic N) is 3. The number of alkyl halides is 3. The van der Waals surface area contributed by atoms with Crippen LogP contribution in [0.1, 0.15) is 18.6 Å². The molecule has 0 saturated heterocycles. The third-order valence-corrected chi connectivity index (χ3v) is 1.93. The molecule has 0 saturated carbocycles. The average Bonchev–Trinajstić information content (AvgIpc) is 2.68. The third-order valence-electron chi connectivity index (χ3n) is 1.45. The second kappa shape index (κ2) is 5.52. The zero-order valence-electron chi connectivity index (χ0n) is 8.35. The summed E-state index contributed by atoms with van der Waals surface area (Å²) in [5, 5.41) is 14.7. The topological polar surface area (TPSA) is 97.8 Å². The highest BCUT2D eigenvalue weighted by atomic mass is 35.6. The number of ether oxygens (including phenoxy) is 1. The first-order chi connectivity index (χ1) is 7.90. The van der Waals surface area contributed by atoms with Crippen LogP contribution in [0.4, 0.5) is 0 Å². The summed E-state index contributed by atoms with van der Waals surface area (Å²) < 4.78 is 7.25. The lowest BCUT2D eigenvalue weighted by Crippen LogP contribution is -2.20. The van der Waals surface area contributed by atoms with Gasteiger partial charge in [0, 0.05) is 0 Å². The van der Waals surface area contributed by atoms with E-state index in [1.165, 1.54) is 0 Å². The summed E-state index contributed by atoms with van der Waals surface area (Å²) in [4.78, 5) is 14.9. The molecule has 0 aliphatic rings. The van der Waals surface area contributed by atoms with E-state index >= 15 is 0 Å². The van der Waals surface area contributed by atoms with Gasteiger partial charge in [-0.25, -0.2) is 4.79 Å². The number of carbonyl (C=O) groups excluding carboxylic acids is 1. The largest absolute Gasteiger partial charge is 0.461 e. The molecule has 0 amide bonds. The summed E-state index contributed by atoms with van der Waals surface area (Å²) in [6, 6.07) is 0. The van der Waals surface area contributed by atoms with Gasteiger partial charge < -0.3 is 14.5 Å². The molecule has 1 aromatic rings. The van der Waals surface area contributed by atoms with Crippen molar-refractivity contribution in [3.8, 4) is 0 Å². The molecule has 1 N–H and O–H groups in total. The highest BCUT2D eigenvalue weighted by Crippen LogP contribution is 2.36. The zero-order chi connectivity index (χ0) is 13.1. The summed E-state index contributed by atoms with van der Waals surface area (Å²) in [6.07, 6.45) is 0. The lowest BCUT2D eigenvalue weighted by molar-refractivity contribution is -0.135. The number of hydrogen-bond donors (Lipinski definition) is 1. The highest BCUT2D eigenvalue weighted by molar-refractivity contribution is 6.66. The molecule has 0 spiro atoms. The standard InChI is InChI=1S/C7H6Cl3N3O4/c1-2-16-5(14)3(12-15)4-11-6(17-13-4)7(8,9)10/h15H,2H2,1H3/b12-3-. The fraction of sp³-hybridized carbons (Fsp3) is 0.429. The van der Waals surface area contributed by atoms with Crippen LogP contribution in [-0.4, -0.2) is 33.6 Å². The molecule has 10 heteroatoms. The SMILES string of the molecule is CCOC(=O)/C(=N\O)c1noc(C(Cl)(Cl)Cl)n1. The summed E-state index contributed by atoms with van der Waals surface area (Å²) in [6.45, 7) is 1.67. The summed E-state index contributed by atoms with van der Waals surface area (Å²) in [5.41, 5.74) is -0.545. The predicted octanol–water partition coefficient (Wildman–Crippen LogP) is 1.64. The van der Waals surface area contributed by atoms with Gasteiger partial charge in [0.1, 0.15) is 0 Å². The minimum atomic E-state index is -1.93. The Morgan fingerprint density at radius 3 is 2.65 bits per heavy atom. The van der Waals surface area contributed by atoms with Crippen LogP contribution in [0.3, 0.4) is 0 Å². The van der Waals surface area contributed by atoms with E-state index < -0.39 is 15.5 Å². The van der Waals surface area contributed by atoms with Gasteiger partial charge in [0.25, 0.3) is 9.68 Å². The monoisotopic (exact) mass is 301 g/mol. The molecular formula is C7H6Cl3N3O4. The fourth-order valence-electron chi connectivity index (χ4n) is 0.811. The van der Waals surface area contributed by atoms with Crippen molar-refractivity contribution in [2.75, 3.05) is 6.61 Å². The van der Waals surface area contributed by atoms with Crippen molar-refractivity contribution < 1.29 is 19.3 Å². The molecule has 94 valence electrons. The Hall–Kier alpha value is -1.05. The van der Waals surface area contributed by atoms with Gasteiger partial charge in [-0.1, -0.05) is 45.1 Å². The molecule has 7 nitrogen and oxygen atoms in total. The molecule has 1 rings (SSSR count). The maximum absolute atomic E-state index is 11.3. The first kappa shape index (κ1) is 14.0. The Balaban J connectivity index is 3.00.